The van der Waals surface area contributed by atoms with Gasteiger partial charge in [-0.05, 0) is 39.7 Å². The standard InChI is InChI=1S/C14H24N2O4S/c1-10-13(8-15-3)14(11(2)20-10)21(17,18)16-7-12-5-4-6-19-9-12/h12,15-16H,4-9H2,1-3H3. The third-order valence-electron chi connectivity index (χ3n) is 3.76. The van der Waals surface area contributed by atoms with Crippen molar-refractivity contribution in [2.45, 2.75) is 38.1 Å². The first-order valence-electron chi connectivity index (χ1n) is 7.26. The van der Waals surface area contributed by atoms with E-state index < -0.39 is 10.0 Å². The summed E-state index contributed by atoms with van der Waals surface area (Å²) in [5.74, 6) is 1.32. The molecule has 2 rings (SSSR count). The minimum atomic E-state index is -3.56. The monoisotopic (exact) mass is 316 g/mol. The van der Waals surface area contributed by atoms with Gasteiger partial charge in [-0.3, -0.25) is 0 Å². The maximum absolute atomic E-state index is 12.6. The average Bonchev–Trinajstić information content (AvgIpc) is 2.73. The lowest BCUT2D eigenvalue weighted by atomic mass is 10.0. The smallest absolute Gasteiger partial charge is 0.244 e. The first kappa shape index (κ1) is 16.5. The molecule has 1 aromatic rings. The van der Waals surface area contributed by atoms with Gasteiger partial charge in [-0.1, -0.05) is 0 Å². The molecule has 0 bridgehead atoms. The molecule has 0 spiro atoms. The molecule has 2 heterocycles. The van der Waals surface area contributed by atoms with Crippen molar-refractivity contribution in [1.29, 1.82) is 0 Å². The maximum atomic E-state index is 12.6. The second-order valence-electron chi connectivity index (χ2n) is 5.49. The lowest BCUT2D eigenvalue weighted by Crippen LogP contribution is -2.34. The highest BCUT2D eigenvalue weighted by atomic mass is 32.2. The van der Waals surface area contributed by atoms with E-state index in [1.165, 1.54) is 0 Å². The van der Waals surface area contributed by atoms with Crippen LogP contribution in [0.3, 0.4) is 0 Å². The minimum Gasteiger partial charge on any atom is -0.465 e. The Hall–Kier alpha value is -0.890. The predicted octanol–water partition coefficient (Wildman–Crippen LogP) is 1.32. The summed E-state index contributed by atoms with van der Waals surface area (Å²) in [6.07, 6.45) is 1.98. The Labute approximate surface area is 126 Å². The van der Waals surface area contributed by atoms with Gasteiger partial charge in [0.05, 0.1) is 6.61 Å². The number of aryl methyl sites for hydroxylation is 2. The van der Waals surface area contributed by atoms with Crippen LogP contribution in [-0.4, -0.2) is 35.2 Å². The Balaban J connectivity index is 2.15. The van der Waals surface area contributed by atoms with Crippen LogP contribution in [0.5, 0.6) is 0 Å². The molecule has 0 amide bonds. The average molecular weight is 316 g/mol. The van der Waals surface area contributed by atoms with Crippen LogP contribution in [0.2, 0.25) is 0 Å². The number of furan rings is 1. The second kappa shape index (κ2) is 6.91. The van der Waals surface area contributed by atoms with Crippen molar-refractivity contribution in [1.82, 2.24) is 10.0 Å². The van der Waals surface area contributed by atoms with Crippen molar-refractivity contribution >= 4 is 10.0 Å². The van der Waals surface area contributed by atoms with E-state index in [0.717, 1.165) is 19.4 Å². The fourth-order valence-corrected chi connectivity index (χ4v) is 4.27. The Morgan fingerprint density at radius 3 is 2.67 bits per heavy atom. The lowest BCUT2D eigenvalue weighted by Gasteiger charge is -2.22. The van der Waals surface area contributed by atoms with Gasteiger partial charge in [0.25, 0.3) is 0 Å². The number of ether oxygens (including phenoxy) is 1. The molecule has 0 radical (unpaired) electrons. The van der Waals surface area contributed by atoms with Gasteiger partial charge in [0.15, 0.2) is 0 Å². The molecule has 1 fully saturated rings. The zero-order chi connectivity index (χ0) is 15.5. The van der Waals surface area contributed by atoms with Crippen molar-refractivity contribution in [2.75, 3.05) is 26.8 Å². The van der Waals surface area contributed by atoms with E-state index >= 15 is 0 Å². The van der Waals surface area contributed by atoms with Crippen LogP contribution in [0.1, 0.15) is 29.9 Å². The molecule has 1 aromatic heterocycles. The van der Waals surface area contributed by atoms with E-state index in [9.17, 15) is 8.42 Å². The zero-order valence-corrected chi connectivity index (χ0v) is 13.7. The molecule has 21 heavy (non-hydrogen) atoms. The van der Waals surface area contributed by atoms with Gasteiger partial charge in [-0.15, -0.1) is 0 Å². The molecule has 1 atom stereocenters. The third-order valence-corrected chi connectivity index (χ3v) is 5.38. The number of sulfonamides is 1. The molecule has 0 aromatic carbocycles. The summed E-state index contributed by atoms with van der Waals surface area (Å²) >= 11 is 0. The van der Waals surface area contributed by atoms with Crippen LogP contribution >= 0.6 is 0 Å². The SMILES string of the molecule is CNCc1c(C)oc(C)c1S(=O)(=O)NCC1CCCOC1. The normalized spacial score (nSPS) is 19.9. The summed E-state index contributed by atoms with van der Waals surface area (Å²) in [5, 5.41) is 2.98. The topological polar surface area (TPSA) is 80.6 Å². The molecule has 2 N–H and O–H groups in total. The molecule has 7 heteroatoms. The minimum absolute atomic E-state index is 0.245. The molecule has 120 valence electrons. The van der Waals surface area contributed by atoms with E-state index in [1.54, 1.807) is 20.9 Å². The van der Waals surface area contributed by atoms with Gasteiger partial charge in [0.1, 0.15) is 16.4 Å². The van der Waals surface area contributed by atoms with Crippen LogP contribution in [-0.2, 0) is 21.3 Å². The van der Waals surface area contributed by atoms with Crippen LogP contribution in [0.15, 0.2) is 9.31 Å². The van der Waals surface area contributed by atoms with E-state index in [0.29, 0.717) is 36.8 Å². The maximum Gasteiger partial charge on any atom is 0.244 e. The van der Waals surface area contributed by atoms with Crippen molar-refractivity contribution in [2.24, 2.45) is 5.92 Å². The first-order valence-corrected chi connectivity index (χ1v) is 8.75. The van der Waals surface area contributed by atoms with E-state index in [-0.39, 0.29) is 10.8 Å². The molecule has 0 saturated carbocycles. The number of hydrogen-bond acceptors (Lipinski definition) is 5. The van der Waals surface area contributed by atoms with Crippen molar-refractivity contribution < 1.29 is 17.6 Å². The Kier molecular flexibility index (Phi) is 5.43. The summed E-state index contributed by atoms with van der Waals surface area (Å²) in [7, 11) is -1.78. The van der Waals surface area contributed by atoms with Gasteiger partial charge < -0.3 is 14.5 Å². The van der Waals surface area contributed by atoms with Crippen molar-refractivity contribution in [3.63, 3.8) is 0 Å². The largest absolute Gasteiger partial charge is 0.465 e. The van der Waals surface area contributed by atoms with Crippen LogP contribution in [0.25, 0.3) is 0 Å². The van der Waals surface area contributed by atoms with Crippen LogP contribution in [0.4, 0.5) is 0 Å². The number of rotatable bonds is 6. The summed E-state index contributed by atoms with van der Waals surface area (Å²) < 4.78 is 38.7. The van der Waals surface area contributed by atoms with Crippen LogP contribution < -0.4 is 10.0 Å². The van der Waals surface area contributed by atoms with Gasteiger partial charge in [0, 0.05) is 25.3 Å². The third kappa shape index (κ3) is 3.85. The quantitative estimate of drug-likeness (QED) is 0.827. The molecule has 1 saturated heterocycles. The molecule has 1 unspecified atom stereocenters. The number of nitrogens with one attached hydrogen (secondary N) is 2. The van der Waals surface area contributed by atoms with Crippen LogP contribution in [0, 0.1) is 19.8 Å². The molecule has 0 aliphatic carbocycles. The number of hydrogen-bond donors (Lipinski definition) is 2. The summed E-state index contributed by atoms with van der Waals surface area (Å²) in [4.78, 5) is 0.270. The Morgan fingerprint density at radius 1 is 1.29 bits per heavy atom. The predicted molar refractivity (Wildman–Crippen MR) is 79.7 cm³/mol. The highest BCUT2D eigenvalue weighted by Crippen LogP contribution is 2.26. The van der Waals surface area contributed by atoms with E-state index in [4.69, 9.17) is 9.15 Å². The highest BCUT2D eigenvalue weighted by Gasteiger charge is 2.27. The Morgan fingerprint density at radius 2 is 2.05 bits per heavy atom. The fraction of sp³-hybridized carbons (Fsp3) is 0.714. The van der Waals surface area contributed by atoms with E-state index in [2.05, 4.69) is 10.0 Å². The summed E-state index contributed by atoms with van der Waals surface area (Å²) in [6.45, 7) is 5.74. The molecule has 6 nitrogen and oxygen atoms in total. The molecule has 1 aliphatic heterocycles. The Bertz CT molecular complexity index is 574. The van der Waals surface area contributed by atoms with E-state index in [1.807, 2.05) is 0 Å². The molecule has 1 aliphatic rings. The zero-order valence-electron chi connectivity index (χ0n) is 12.9. The van der Waals surface area contributed by atoms with Gasteiger partial charge >= 0.3 is 0 Å². The summed E-state index contributed by atoms with van der Waals surface area (Å²) in [5.41, 5.74) is 0.697. The molecular formula is C14H24N2O4S. The molecular weight excluding hydrogens is 292 g/mol. The van der Waals surface area contributed by atoms with Gasteiger partial charge in [-0.25, -0.2) is 13.1 Å². The second-order valence-corrected chi connectivity index (χ2v) is 7.19. The first-order chi connectivity index (χ1) is 9.95. The van der Waals surface area contributed by atoms with Crippen molar-refractivity contribution in [3.05, 3.63) is 17.1 Å². The van der Waals surface area contributed by atoms with Gasteiger partial charge in [-0.2, -0.15) is 0 Å². The van der Waals surface area contributed by atoms with Crippen molar-refractivity contribution in [3.8, 4) is 0 Å². The lowest BCUT2D eigenvalue weighted by molar-refractivity contribution is 0.0568. The summed E-state index contributed by atoms with van der Waals surface area (Å²) in [6, 6.07) is 0. The fourth-order valence-electron chi connectivity index (χ4n) is 2.71. The highest BCUT2D eigenvalue weighted by molar-refractivity contribution is 7.89. The van der Waals surface area contributed by atoms with Gasteiger partial charge in [0.2, 0.25) is 10.0 Å².